The summed E-state index contributed by atoms with van der Waals surface area (Å²) in [6, 6.07) is 3.58. The average molecular weight is 364 g/mol. The fourth-order valence-corrected chi connectivity index (χ4v) is 3.96. The summed E-state index contributed by atoms with van der Waals surface area (Å²) < 4.78 is 18.4. The van der Waals surface area contributed by atoms with Crippen molar-refractivity contribution >= 4 is 11.3 Å². The lowest BCUT2D eigenvalue weighted by molar-refractivity contribution is 0.454. The smallest absolute Gasteiger partial charge is 0.173 e. The summed E-state index contributed by atoms with van der Waals surface area (Å²) in [6.07, 6.45) is 7.90. The number of fused-ring (bicyclic) bond motifs is 2. The van der Waals surface area contributed by atoms with Gasteiger partial charge in [0.2, 0.25) is 0 Å². The van der Waals surface area contributed by atoms with Crippen molar-refractivity contribution in [2.24, 2.45) is 0 Å². The third kappa shape index (κ3) is 2.78. The molecule has 7 heteroatoms. The van der Waals surface area contributed by atoms with Crippen LogP contribution < -0.4 is 5.32 Å². The second-order valence-corrected chi connectivity index (χ2v) is 7.34. The molecule has 138 valence electrons. The summed E-state index contributed by atoms with van der Waals surface area (Å²) in [4.78, 5) is 9.00. The van der Waals surface area contributed by atoms with Gasteiger partial charge in [-0.1, -0.05) is 0 Å². The molecular formula is C20H21FN6. The van der Waals surface area contributed by atoms with E-state index in [2.05, 4.69) is 20.4 Å². The SMILES string of the molecule is Cc1nc2c(C)cc(-c3cc(F)c4nc(C5CCNCC5)cn4c3)cn2n1. The summed E-state index contributed by atoms with van der Waals surface area (Å²) >= 11 is 0. The Kier molecular flexibility index (Phi) is 3.72. The van der Waals surface area contributed by atoms with Gasteiger partial charge in [0.1, 0.15) is 5.82 Å². The Morgan fingerprint density at radius 3 is 2.59 bits per heavy atom. The van der Waals surface area contributed by atoms with Crippen molar-refractivity contribution in [1.29, 1.82) is 0 Å². The van der Waals surface area contributed by atoms with Gasteiger partial charge in [0.05, 0.1) is 5.69 Å². The molecule has 6 nitrogen and oxygen atoms in total. The highest BCUT2D eigenvalue weighted by molar-refractivity contribution is 5.68. The Morgan fingerprint density at radius 1 is 1.00 bits per heavy atom. The molecule has 0 unspecified atom stereocenters. The molecule has 0 spiro atoms. The lowest BCUT2D eigenvalue weighted by Gasteiger charge is -2.20. The van der Waals surface area contributed by atoms with Crippen LogP contribution in [0.25, 0.3) is 22.4 Å². The minimum absolute atomic E-state index is 0.305. The quantitative estimate of drug-likeness (QED) is 0.593. The second-order valence-electron chi connectivity index (χ2n) is 7.34. The average Bonchev–Trinajstić information content (AvgIpc) is 3.26. The number of imidazole rings is 1. The number of halogens is 1. The highest BCUT2D eigenvalue weighted by Crippen LogP contribution is 2.28. The lowest BCUT2D eigenvalue weighted by Crippen LogP contribution is -2.26. The van der Waals surface area contributed by atoms with Gasteiger partial charge in [0.25, 0.3) is 0 Å². The molecule has 4 aromatic rings. The molecule has 0 atom stereocenters. The van der Waals surface area contributed by atoms with E-state index in [0.717, 1.165) is 59.8 Å². The monoisotopic (exact) mass is 364 g/mol. The van der Waals surface area contributed by atoms with Gasteiger partial charge in [-0.15, -0.1) is 0 Å². The van der Waals surface area contributed by atoms with Crippen LogP contribution in [-0.4, -0.2) is 37.1 Å². The molecular weight excluding hydrogens is 343 g/mol. The number of hydrogen-bond donors (Lipinski definition) is 1. The predicted octanol–water partition coefficient (Wildman–Crippen LogP) is 3.27. The van der Waals surface area contributed by atoms with E-state index in [-0.39, 0.29) is 5.82 Å². The molecule has 1 aliphatic heterocycles. The zero-order valence-electron chi connectivity index (χ0n) is 15.4. The first kappa shape index (κ1) is 16.4. The van der Waals surface area contributed by atoms with E-state index in [9.17, 15) is 4.39 Å². The maximum atomic E-state index is 14.8. The van der Waals surface area contributed by atoms with E-state index >= 15 is 0 Å². The zero-order valence-corrected chi connectivity index (χ0v) is 15.4. The molecule has 0 saturated carbocycles. The molecule has 0 radical (unpaired) electrons. The first-order valence-corrected chi connectivity index (χ1v) is 9.31. The van der Waals surface area contributed by atoms with Gasteiger partial charge >= 0.3 is 0 Å². The molecule has 5 rings (SSSR count). The van der Waals surface area contributed by atoms with Crippen LogP contribution in [-0.2, 0) is 0 Å². The van der Waals surface area contributed by atoms with Crippen LogP contribution in [0.15, 0.2) is 30.7 Å². The molecule has 5 heterocycles. The van der Waals surface area contributed by atoms with Crippen LogP contribution in [0.2, 0.25) is 0 Å². The van der Waals surface area contributed by atoms with Crippen LogP contribution in [0.4, 0.5) is 4.39 Å². The van der Waals surface area contributed by atoms with Gasteiger partial charge < -0.3 is 9.72 Å². The summed E-state index contributed by atoms with van der Waals surface area (Å²) in [5.74, 6) is 0.809. The molecule has 0 aromatic carbocycles. The zero-order chi connectivity index (χ0) is 18.5. The van der Waals surface area contributed by atoms with E-state index in [1.165, 1.54) is 0 Å². The van der Waals surface area contributed by atoms with E-state index in [0.29, 0.717) is 11.6 Å². The molecule has 1 aliphatic rings. The third-order valence-electron chi connectivity index (χ3n) is 5.34. The highest BCUT2D eigenvalue weighted by atomic mass is 19.1. The number of rotatable bonds is 2. The number of hydrogen-bond acceptors (Lipinski definition) is 4. The van der Waals surface area contributed by atoms with Crippen LogP contribution in [0, 0.1) is 19.7 Å². The summed E-state index contributed by atoms with van der Waals surface area (Å²) in [5, 5.41) is 7.76. The van der Waals surface area contributed by atoms with Gasteiger partial charge in [0, 0.05) is 35.6 Å². The number of pyridine rings is 2. The summed E-state index contributed by atoms with van der Waals surface area (Å²) in [5.41, 5.74) is 4.91. The summed E-state index contributed by atoms with van der Waals surface area (Å²) in [7, 11) is 0. The predicted molar refractivity (Wildman–Crippen MR) is 101 cm³/mol. The Labute approximate surface area is 156 Å². The van der Waals surface area contributed by atoms with E-state index in [4.69, 9.17) is 0 Å². The number of aromatic nitrogens is 5. The summed E-state index contributed by atoms with van der Waals surface area (Å²) in [6.45, 7) is 5.84. The van der Waals surface area contributed by atoms with Crippen molar-refractivity contribution in [3.8, 4) is 11.1 Å². The first-order valence-electron chi connectivity index (χ1n) is 9.31. The van der Waals surface area contributed by atoms with Crippen LogP contribution in [0.1, 0.15) is 35.8 Å². The Hall–Kier alpha value is -2.80. The topological polar surface area (TPSA) is 59.5 Å². The molecule has 1 N–H and O–H groups in total. The van der Waals surface area contributed by atoms with E-state index in [1.807, 2.05) is 42.9 Å². The largest absolute Gasteiger partial charge is 0.317 e. The highest BCUT2D eigenvalue weighted by Gasteiger charge is 2.20. The van der Waals surface area contributed by atoms with Crippen LogP contribution in [0.5, 0.6) is 0 Å². The van der Waals surface area contributed by atoms with Crippen molar-refractivity contribution < 1.29 is 4.39 Å². The fourth-order valence-electron chi connectivity index (χ4n) is 3.96. The van der Waals surface area contributed by atoms with Gasteiger partial charge in [0.15, 0.2) is 17.1 Å². The molecule has 0 bridgehead atoms. The van der Waals surface area contributed by atoms with Gasteiger partial charge in [-0.2, -0.15) is 5.10 Å². The first-order chi connectivity index (χ1) is 13.1. The standard InChI is InChI=1S/C20H21FN6/c1-12-7-15(10-27-19(12)23-13(2)25-27)16-8-17(21)20-24-18(11-26(20)9-16)14-3-5-22-6-4-14/h7-11,14,22H,3-6H2,1-2H3. The molecule has 0 amide bonds. The van der Waals surface area contributed by atoms with Crippen molar-refractivity contribution in [3.05, 3.63) is 53.6 Å². The van der Waals surface area contributed by atoms with Crippen molar-refractivity contribution in [1.82, 2.24) is 29.3 Å². The van der Waals surface area contributed by atoms with Crippen LogP contribution in [0.3, 0.4) is 0 Å². The minimum Gasteiger partial charge on any atom is -0.317 e. The van der Waals surface area contributed by atoms with Gasteiger partial charge in [-0.3, -0.25) is 0 Å². The Bertz CT molecular complexity index is 1150. The van der Waals surface area contributed by atoms with Gasteiger partial charge in [-0.05, 0) is 57.5 Å². The minimum atomic E-state index is -0.305. The molecule has 0 aliphatic carbocycles. The van der Waals surface area contributed by atoms with Crippen molar-refractivity contribution in [3.63, 3.8) is 0 Å². The molecule has 1 saturated heterocycles. The lowest BCUT2D eigenvalue weighted by atomic mass is 9.95. The normalized spacial score (nSPS) is 15.8. The Morgan fingerprint density at radius 2 is 1.78 bits per heavy atom. The van der Waals surface area contributed by atoms with Crippen molar-refractivity contribution in [2.45, 2.75) is 32.6 Å². The molecule has 4 aromatic heterocycles. The van der Waals surface area contributed by atoms with Crippen molar-refractivity contribution in [2.75, 3.05) is 13.1 Å². The maximum Gasteiger partial charge on any atom is 0.173 e. The van der Waals surface area contributed by atoms with Crippen LogP contribution >= 0.6 is 0 Å². The number of piperidine rings is 1. The maximum absolute atomic E-state index is 14.8. The van der Waals surface area contributed by atoms with E-state index < -0.39 is 0 Å². The molecule has 1 fully saturated rings. The number of nitrogens with zero attached hydrogens (tertiary/aromatic N) is 5. The number of nitrogens with one attached hydrogen (secondary N) is 1. The van der Waals surface area contributed by atoms with E-state index in [1.54, 1.807) is 10.6 Å². The number of aryl methyl sites for hydroxylation is 2. The Balaban J connectivity index is 1.61. The fraction of sp³-hybridized carbons (Fsp3) is 0.350. The second kappa shape index (κ2) is 6.13. The molecule has 27 heavy (non-hydrogen) atoms. The van der Waals surface area contributed by atoms with Gasteiger partial charge in [-0.25, -0.2) is 18.9 Å². The third-order valence-corrected chi connectivity index (χ3v) is 5.34.